The molecule has 1 radical (unpaired) electrons. The molecule has 0 aromatic rings. The average molecular weight is 169 g/mol. The summed E-state index contributed by atoms with van der Waals surface area (Å²) in [6.07, 6.45) is 0. The summed E-state index contributed by atoms with van der Waals surface area (Å²) in [5.74, 6) is 0. The third-order valence-electron chi connectivity index (χ3n) is 0. The van der Waals surface area contributed by atoms with Gasteiger partial charge in [-0.15, -0.1) is 0 Å². The van der Waals surface area contributed by atoms with Gasteiger partial charge in [0.15, 0.2) is 0 Å². The second-order valence-corrected chi connectivity index (χ2v) is 0. The molecule has 7 heteroatoms. The number of halogens is 5. The summed E-state index contributed by atoms with van der Waals surface area (Å²) in [4.78, 5) is 0. The molecule has 0 spiro atoms. The molecule has 0 bridgehead atoms. The first kappa shape index (κ1) is 5120. The SMILES string of the molecule is [B+3].[Cu+2].[F-].[F-].[F-].[F-].[F-]. The van der Waals surface area contributed by atoms with E-state index in [1.807, 2.05) is 0 Å². The third-order valence-corrected chi connectivity index (χ3v) is 0. The van der Waals surface area contributed by atoms with Gasteiger partial charge in [0, 0.05) is 0 Å². The van der Waals surface area contributed by atoms with E-state index < -0.39 is 0 Å². The third kappa shape index (κ3) is 2030. The van der Waals surface area contributed by atoms with Crippen LogP contribution >= 0.6 is 0 Å². The van der Waals surface area contributed by atoms with Crippen molar-refractivity contribution in [2.24, 2.45) is 0 Å². The van der Waals surface area contributed by atoms with E-state index in [2.05, 4.69) is 0 Å². The summed E-state index contributed by atoms with van der Waals surface area (Å²) >= 11 is 0. The van der Waals surface area contributed by atoms with E-state index in [0.29, 0.717) is 0 Å². The van der Waals surface area contributed by atoms with Crippen molar-refractivity contribution < 1.29 is 40.6 Å². The molecule has 0 saturated carbocycles. The van der Waals surface area contributed by atoms with E-state index in [1.165, 1.54) is 0 Å². The first-order valence-corrected chi connectivity index (χ1v) is 0. The van der Waals surface area contributed by atoms with Crippen LogP contribution in [0.1, 0.15) is 0 Å². The molecule has 0 unspecified atom stereocenters. The van der Waals surface area contributed by atoms with Crippen molar-refractivity contribution in [1.82, 2.24) is 0 Å². The van der Waals surface area contributed by atoms with Crippen LogP contribution in [0.25, 0.3) is 0 Å². The topological polar surface area (TPSA) is 0 Å². The van der Waals surface area contributed by atoms with Crippen LogP contribution < -0.4 is 23.5 Å². The molecule has 0 amide bonds. The predicted octanol–water partition coefficient (Wildman–Crippen LogP) is -15.4. The minimum absolute atomic E-state index is 0. The fourth-order valence-electron chi connectivity index (χ4n) is 0. The monoisotopic (exact) mass is 169 g/mol. The summed E-state index contributed by atoms with van der Waals surface area (Å²) in [6.45, 7) is 0. The van der Waals surface area contributed by atoms with Crippen LogP contribution in [-0.4, -0.2) is 8.41 Å². The molecular formula is BCuF5. The predicted molar refractivity (Wildman–Crippen MR) is 5.75 cm³/mol. The second-order valence-electron chi connectivity index (χ2n) is 0. The van der Waals surface area contributed by atoms with Gasteiger partial charge in [0.25, 0.3) is 0 Å². The number of hydrogen-bond acceptors (Lipinski definition) is 0. The molecule has 0 aliphatic rings. The van der Waals surface area contributed by atoms with Crippen molar-refractivity contribution in [3.05, 3.63) is 0 Å². The van der Waals surface area contributed by atoms with Gasteiger partial charge in [-0.3, -0.25) is 0 Å². The van der Waals surface area contributed by atoms with Crippen molar-refractivity contribution >= 4 is 8.41 Å². The van der Waals surface area contributed by atoms with Crippen molar-refractivity contribution in [1.29, 1.82) is 0 Å². The Bertz CT molecular complexity index is 8.04. The molecule has 0 heterocycles. The Labute approximate surface area is 49.9 Å². The molecular weight excluding hydrogens is 169 g/mol. The fraction of sp³-hybridized carbons (Fsp3) is 0. The minimum atomic E-state index is 0. The maximum atomic E-state index is 0. The van der Waals surface area contributed by atoms with E-state index in [9.17, 15) is 0 Å². The summed E-state index contributed by atoms with van der Waals surface area (Å²) < 4.78 is 0. The van der Waals surface area contributed by atoms with Crippen LogP contribution in [0.2, 0.25) is 0 Å². The molecule has 0 saturated heterocycles. The molecule has 49 valence electrons. The van der Waals surface area contributed by atoms with Crippen LogP contribution in [0.4, 0.5) is 0 Å². The molecule has 0 aromatic carbocycles. The fourth-order valence-corrected chi connectivity index (χ4v) is 0. The van der Waals surface area contributed by atoms with Gasteiger partial charge in [-0.05, 0) is 0 Å². The van der Waals surface area contributed by atoms with Crippen LogP contribution in [0.5, 0.6) is 0 Å². The maximum absolute atomic E-state index is 0. The molecule has 0 atom stereocenters. The van der Waals surface area contributed by atoms with Crippen molar-refractivity contribution in [2.45, 2.75) is 0 Å². The Morgan fingerprint density at radius 2 is 0.429 bits per heavy atom. The van der Waals surface area contributed by atoms with E-state index in [4.69, 9.17) is 0 Å². The van der Waals surface area contributed by atoms with Crippen LogP contribution in [0.3, 0.4) is 0 Å². The largest absolute Gasteiger partial charge is 3.00 e. The van der Waals surface area contributed by atoms with Gasteiger partial charge in [0.05, 0.1) is 0 Å². The van der Waals surface area contributed by atoms with Crippen molar-refractivity contribution in [2.75, 3.05) is 0 Å². The smallest absolute Gasteiger partial charge is 1.00 e. The summed E-state index contributed by atoms with van der Waals surface area (Å²) in [5, 5.41) is 0. The Morgan fingerprint density at radius 3 is 0.429 bits per heavy atom. The number of rotatable bonds is 0. The van der Waals surface area contributed by atoms with Crippen LogP contribution in [0.15, 0.2) is 0 Å². The van der Waals surface area contributed by atoms with Gasteiger partial charge in [0.2, 0.25) is 0 Å². The summed E-state index contributed by atoms with van der Waals surface area (Å²) in [7, 11) is 0. The van der Waals surface area contributed by atoms with Crippen molar-refractivity contribution in [3.8, 4) is 0 Å². The van der Waals surface area contributed by atoms with Gasteiger partial charge in [-0.1, -0.05) is 0 Å². The first-order chi connectivity index (χ1) is 0. The zero-order valence-corrected chi connectivity index (χ0v) is 3.71. The van der Waals surface area contributed by atoms with Gasteiger partial charge >= 0.3 is 25.5 Å². The Kier molecular flexibility index (Phi) is 2270000. The van der Waals surface area contributed by atoms with E-state index in [1.54, 1.807) is 0 Å². The van der Waals surface area contributed by atoms with Gasteiger partial charge in [-0.25, -0.2) is 0 Å². The van der Waals surface area contributed by atoms with E-state index in [0.717, 1.165) is 0 Å². The Morgan fingerprint density at radius 1 is 0.429 bits per heavy atom. The summed E-state index contributed by atoms with van der Waals surface area (Å²) in [5.41, 5.74) is 0. The molecule has 0 fully saturated rings. The molecule has 7 heavy (non-hydrogen) atoms. The van der Waals surface area contributed by atoms with Crippen LogP contribution in [0, 0.1) is 0 Å². The Balaban J connectivity index is 0. The molecule has 0 aliphatic heterocycles. The minimum Gasteiger partial charge on any atom is -1.00 e. The zero-order valence-electron chi connectivity index (χ0n) is 2.77. The molecule has 0 nitrogen and oxygen atoms in total. The molecule has 0 aliphatic carbocycles. The quantitative estimate of drug-likeness (QED) is 0.250. The molecule has 0 aromatic heterocycles. The normalized spacial score (nSPS) is 0. The van der Waals surface area contributed by atoms with Crippen LogP contribution in [-0.2, 0) is 17.1 Å². The standard InChI is InChI=1S/B.Cu.5FH/h;;5*1H/q+3;+2;;;;;/p-5. The number of hydrogen-bond donors (Lipinski definition) is 0. The average Bonchev–Trinajstić information content (AvgIpc) is 0. The zero-order chi connectivity index (χ0) is 0. The first-order valence-electron chi connectivity index (χ1n) is 0. The Hall–Kier alpha value is 0.234. The molecule has 0 rings (SSSR count). The second kappa shape index (κ2) is 3110. The van der Waals surface area contributed by atoms with Crippen molar-refractivity contribution in [3.63, 3.8) is 0 Å². The van der Waals surface area contributed by atoms with Gasteiger partial charge < -0.3 is 23.5 Å². The van der Waals surface area contributed by atoms with E-state index >= 15 is 0 Å². The van der Waals surface area contributed by atoms with E-state index in [-0.39, 0.29) is 49.0 Å². The van der Waals surface area contributed by atoms with Gasteiger partial charge in [-0.2, -0.15) is 0 Å². The summed E-state index contributed by atoms with van der Waals surface area (Å²) in [6, 6.07) is 0. The van der Waals surface area contributed by atoms with Gasteiger partial charge in [0.1, 0.15) is 0 Å². The molecule has 0 N–H and O–H groups in total. The maximum Gasteiger partial charge on any atom is 3.00 e.